The van der Waals surface area contributed by atoms with E-state index in [0.717, 1.165) is 0 Å². The maximum absolute atomic E-state index is 8.45. The van der Waals surface area contributed by atoms with Gasteiger partial charge in [-0.3, -0.25) is 0 Å². The van der Waals surface area contributed by atoms with Gasteiger partial charge in [-0.1, -0.05) is 20.8 Å². The van der Waals surface area contributed by atoms with Crippen molar-refractivity contribution in [1.82, 2.24) is 0 Å². The molecule has 0 saturated carbocycles. The van der Waals surface area contributed by atoms with Crippen LogP contribution in [-0.4, -0.2) is 0 Å². The number of allylic oxidation sites excluding steroid dienone is 2. The van der Waals surface area contributed by atoms with Gasteiger partial charge in [0.1, 0.15) is 17.7 Å². The molecule has 0 aromatic carbocycles. The fourth-order valence-corrected chi connectivity index (χ4v) is 0.520. The van der Waals surface area contributed by atoms with Crippen LogP contribution in [0.2, 0.25) is 0 Å². The molecule has 2 N–H and O–H groups in total. The molecular weight excluding hydrogens is 138 g/mol. The fourth-order valence-electron chi connectivity index (χ4n) is 0.520. The molecular formula is C8H11N3. The van der Waals surface area contributed by atoms with Crippen molar-refractivity contribution in [2.45, 2.75) is 20.8 Å². The molecule has 0 aromatic heterocycles. The molecule has 0 radical (unpaired) electrons. The minimum Gasteiger partial charge on any atom is -0.400 e. The highest BCUT2D eigenvalue weighted by Gasteiger charge is 2.17. The third-order valence-electron chi connectivity index (χ3n) is 1.30. The molecule has 0 aliphatic rings. The third kappa shape index (κ3) is 2.31. The largest absolute Gasteiger partial charge is 0.400 e. The molecule has 0 rings (SSSR count). The Morgan fingerprint density at radius 3 is 1.64 bits per heavy atom. The molecule has 0 aliphatic carbocycles. The highest BCUT2D eigenvalue weighted by molar-refractivity contribution is 5.40. The Labute approximate surface area is 66.7 Å². The summed E-state index contributed by atoms with van der Waals surface area (Å²) in [6.07, 6.45) is 0. The van der Waals surface area contributed by atoms with Crippen LogP contribution in [0, 0.1) is 28.1 Å². The quantitative estimate of drug-likeness (QED) is 0.527. The van der Waals surface area contributed by atoms with E-state index >= 15 is 0 Å². The number of nitrogens with two attached hydrogens (primary N) is 1. The summed E-state index contributed by atoms with van der Waals surface area (Å²) in [7, 11) is 0. The maximum Gasteiger partial charge on any atom is 0.148 e. The lowest BCUT2D eigenvalue weighted by molar-refractivity contribution is 0.495. The molecule has 0 fully saturated rings. The van der Waals surface area contributed by atoms with Crippen molar-refractivity contribution in [3.63, 3.8) is 0 Å². The lowest BCUT2D eigenvalue weighted by Gasteiger charge is -2.18. The van der Waals surface area contributed by atoms with Crippen LogP contribution in [-0.2, 0) is 0 Å². The monoisotopic (exact) mass is 149 g/mol. The zero-order chi connectivity index (χ0) is 9.07. The molecule has 0 spiro atoms. The molecule has 3 heteroatoms. The summed E-state index contributed by atoms with van der Waals surface area (Å²) in [6, 6.07) is 3.50. The summed E-state index contributed by atoms with van der Waals surface area (Å²) >= 11 is 0. The highest BCUT2D eigenvalue weighted by atomic mass is 14.6. The van der Waals surface area contributed by atoms with Crippen molar-refractivity contribution in [2.24, 2.45) is 11.1 Å². The van der Waals surface area contributed by atoms with Gasteiger partial charge in [-0.2, -0.15) is 10.5 Å². The second-order valence-electron chi connectivity index (χ2n) is 3.26. The average Bonchev–Trinajstić information content (AvgIpc) is 1.88. The van der Waals surface area contributed by atoms with E-state index in [0.29, 0.717) is 5.70 Å². The lowest BCUT2D eigenvalue weighted by Crippen LogP contribution is -2.18. The van der Waals surface area contributed by atoms with E-state index in [-0.39, 0.29) is 11.0 Å². The van der Waals surface area contributed by atoms with Gasteiger partial charge in [-0.15, -0.1) is 0 Å². The van der Waals surface area contributed by atoms with Gasteiger partial charge in [0, 0.05) is 11.1 Å². The minimum atomic E-state index is -0.305. The number of hydrogen-bond donors (Lipinski definition) is 1. The van der Waals surface area contributed by atoms with Gasteiger partial charge in [0.25, 0.3) is 0 Å². The third-order valence-corrected chi connectivity index (χ3v) is 1.30. The summed E-state index contributed by atoms with van der Waals surface area (Å²) in [5.41, 5.74) is 5.61. The summed E-state index contributed by atoms with van der Waals surface area (Å²) in [5, 5.41) is 16.9. The van der Waals surface area contributed by atoms with E-state index in [1.165, 1.54) is 0 Å². The summed E-state index contributed by atoms with van der Waals surface area (Å²) < 4.78 is 0. The first-order valence-corrected chi connectivity index (χ1v) is 3.24. The van der Waals surface area contributed by atoms with Crippen LogP contribution in [0.25, 0.3) is 0 Å². The number of rotatable bonds is 0. The molecule has 0 saturated heterocycles. The second kappa shape index (κ2) is 3.07. The van der Waals surface area contributed by atoms with Crippen LogP contribution >= 0.6 is 0 Å². The molecule has 0 amide bonds. The lowest BCUT2D eigenvalue weighted by atomic mass is 9.90. The van der Waals surface area contributed by atoms with Gasteiger partial charge in [-0.05, 0) is 0 Å². The van der Waals surface area contributed by atoms with Crippen molar-refractivity contribution in [2.75, 3.05) is 0 Å². The molecule has 0 aliphatic heterocycles. The van der Waals surface area contributed by atoms with Crippen molar-refractivity contribution in [3.8, 4) is 12.1 Å². The van der Waals surface area contributed by atoms with Gasteiger partial charge in [0.2, 0.25) is 0 Å². The molecule has 0 bridgehead atoms. The first-order chi connectivity index (χ1) is 4.93. The summed E-state index contributed by atoms with van der Waals surface area (Å²) in [6.45, 7) is 5.57. The van der Waals surface area contributed by atoms with Gasteiger partial charge in [0.15, 0.2) is 0 Å². The van der Waals surface area contributed by atoms with Crippen molar-refractivity contribution >= 4 is 0 Å². The molecule has 11 heavy (non-hydrogen) atoms. The van der Waals surface area contributed by atoms with Crippen LogP contribution in [0.5, 0.6) is 0 Å². The van der Waals surface area contributed by atoms with E-state index in [9.17, 15) is 0 Å². The Balaban J connectivity index is 5.01. The predicted octanol–water partition coefficient (Wildman–Crippen LogP) is 1.29. The molecule has 0 unspecified atom stereocenters. The van der Waals surface area contributed by atoms with Crippen LogP contribution < -0.4 is 5.73 Å². The Morgan fingerprint density at radius 2 is 1.55 bits per heavy atom. The molecule has 0 atom stereocenters. The van der Waals surface area contributed by atoms with E-state index in [1.54, 1.807) is 12.1 Å². The van der Waals surface area contributed by atoms with Crippen LogP contribution in [0.3, 0.4) is 0 Å². The average molecular weight is 149 g/mol. The van der Waals surface area contributed by atoms with Crippen molar-refractivity contribution in [1.29, 1.82) is 10.5 Å². The molecule has 0 aromatic rings. The number of nitrogens with zero attached hydrogens (tertiary/aromatic N) is 2. The number of hydrogen-bond acceptors (Lipinski definition) is 3. The predicted molar refractivity (Wildman–Crippen MR) is 41.9 cm³/mol. The highest BCUT2D eigenvalue weighted by Crippen LogP contribution is 2.22. The standard InChI is InChI=1S/C8H11N3/c1-8(2,3)7(11)6(4-9)5-10/h11H2,1-3H3. The van der Waals surface area contributed by atoms with E-state index in [2.05, 4.69) is 0 Å². The smallest absolute Gasteiger partial charge is 0.148 e. The van der Waals surface area contributed by atoms with E-state index < -0.39 is 0 Å². The Hall–Kier alpha value is -1.48. The Morgan fingerprint density at radius 1 is 1.18 bits per heavy atom. The topological polar surface area (TPSA) is 73.6 Å². The zero-order valence-electron chi connectivity index (χ0n) is 6.97. The van der Waals surface area contributed by atoms with Crippen LogP contribution in [0.1, 0.15) is 20.8 Å². The van der Waals surface area contributed by atoms with Crippen molar-refractivity contribution in [3.05, 3.63) is 11.3 Å². The van der Waals surface area contributed by atoms with Crippen LogP contribution in [0.4, 0.5) is 0 Å². The second-order valence-corrected chi connectivity index (χ2v) is 3.26. The van der Waals surface area contributed by atoms with Crippen LogP contribution in [0.15, 0.2) is 11.3 Å². The minimum absolute atomic E-state index is 0.0116. The van der Waals surface area contributed by atoms with Gasteiger partial charge >= 0.3 is 0 Å². The first kappa shape index (κ1) is 9.52. The molecule has 58 valence electrons. The van der Waals surface area contributed by atoms with E-state index in [4.69, 9.17) is 16.3 Å². The zero-order valence-corrected chi connectivity index (χ0v) is 6.97. The fraction of sp³-hybridized carbons (Fsp3) is 0.500. The SMILES string of the molecule is CC(C)(C)C(N)=C(C#N)C#N. The first-order valence-electron chi connectivity index (χ1n) is 3.24. The summed E-state index contributed by atoms with van der Waals surface area (Å²) in [5.74, 6) is 0. The van der Waals surface area contributed by atoms with Crippen molar-refractivity contribution < 1.29 is 0 Å². The van der Waals surface area contributed by atoms with Gasteiger partial charge in [0.05, 0.1) is 0 Å². The Kier molecular flexibility index (Phi) is 2.66. The normalized spacial score (nSPS) is 9.55. The van der Waals surface area contributed by atoms with Gasteiger partial charge < -0.3 is 5.73 Å². The van der Waals surface area contributed by atoms with Gasteiger partial charge in [-0.25, -0.2) is 0 Å². The molecule has 3 nitrogen and oxygen atoms in total. The Bertz CT molecular complexity index is 239. The maximum atomic E-state index is 8.45. The summed E-state index contributed by atoms with van der Waals surface area (Å²) in [4.78, 5) is 0. The van der Waals surface area contributed by atoms with E-state index in [1.807, 2.05) is 20.8 Å². The molecule has 0 heterocycles. The number of nitriles is 2.